The number of rotatable bonds is 4. The summed E-state index contributed by atoms with van der Waals surface area (Å²) in [5, 5.41) is 6.09. The molecule has 0 saturated heterocycles. The maximum atomic E-state index is 13.3. The Balaban J connectivity index is 1.88. The van der Waals surface area contributed by atoms with Crippen molar-refractivity contribution in [2.75, 3.05) is 31.0 Å². The lowest BCUT2D eigenvalue weighted by Gasteiger charge is -2.36. The van der Waals surface area contributed by atoms with E-state index in [1.54, 1.807) is 23.1 Å². The van der Waals surface area contributed by atoms with E-state index in [1.807, 2.05) is 24.3 Å². The highest BCUT2D eigenvalue weighted by molar-refractivity contribution is 6.15. The number of hydrogen-bond acceptors (Lipinski definition) is 5. The summed E-state index contributed by atoms with van der Waals surface area (Å²) in [4.78, 5) is 27.8. The van der Waals surface area contributed by atoms with Gasteiger partial charge < -0.3 is 25.0 Å². The van der Waals surface area contributed by atoms with Crippen LogP contribution >= 0.6 is 0 Å². The molecule has 0 fully saturated rings. The Labute approximate surface area is 156 Å². The van der Waals surface area contributed by atoms with Crippen molar-refractivity contribution in [3.05, 3.63) is 60.2 Å². The van der Waals surface area contributed by atoms with E-state index in [1.165, 1.54) is 14.2 Å². The number of benzene rings is 2. The summed E-state index contributed by atoms with van der Waals surface area (Å²) in [6.45, 7) is 4.07. The SMILES string of the molecule is C=CCN1C(=O)[C@]2(NC(=O)c3cc(OC)c(OC)cc3N2)c2ccccc21. The zero-order chi connectivity index (χ0) is 19.2. The number of nitrogens with one attached hydrogen (secondary N) is 2. The Morgan fingerprint density at radius 3 is 2.52 bits per heavy atom. The Morgan fingerprint density at radius 2 is 1.81 bits per heavy atom. The molecule has 2 aromatic rings. The molecule has 27 heavy (non-hydrogen) atoms. The Hall–Kier alpha value is -3.48. The van der Waals surface area contributed by atoms with Crippen LogP contribution < -0.4 is 25.0 Å². The zero-order valence-electron chi connectivity index (χ0n) is 15.0. The van der Waals surface area contributed by atoms with Crippen LogP contribution in [0.4, 0.5) is 11.4 Å². The van der Waals surface area contributed by atoms with E-state index in [0.29, 0.717) is 34.9 Å². The van der Waals surface area contributed by atoms with Gasteiger partial charge in [-0.05, 0) is 12.1 Å². The Bertz CT molecular complexity index is 972. The third-order valence-corrected chi connectivity index (χ3v) is 4.87. The fraction of sp³-hybridized carbons (Fsp3) is 0.200. The van der Waals surface area contributed by atoms with Crippen LogP contribution in [-0.2, 0) is 10.5 Å². The van der Waals surface area contributed by atoms with Gasteiger partial charge in [-0.15, -0.1) is 6.58 Å². The predicted octanol–water partition coefficient (Wildman–Crippen LogP) is 2.24. The summed E-state index contributed by atoms with van der Waals surface area (Å²) in [7, 11) is 3.02. The van der Waals surface area contributed by atoms with Crippen molar-refractivity contribution in [3.8, 4) is 11.5 Å². The molecular weight excluding hydrogens is 346 g/mol. The second-order valence-electron chi connectivity index (χ2n) is 6.30. The lowest BCUT2D eigenvalue weighted by atomic mass is 9.95. The van der Waals surface area contributed by atoms with Crippen molar-refractivity contribution >= 4 is 23.2 Å². The van der Waals surface area contributed by atoms with Gasteiger partial charge in [0.15, 0.2) is 11.5 Å². The molecule has 0 aliphatic carbocycles. The van der Waals surface area contributed by atoms with Crippen LogP contribution in [0.25, 0.3) is 0 Å². The summed E-state index contributed by atoms with van der Waals surface area (Å²) in [5.74, 6) is 0.275. The highest BCUT2D eigenvalue weighted by Gasteiger charge is 2.54. The minimum Gasteiger partial charge on any atom is -0.493 e. The molecule has 2 heterocycles. The van der Waals surface area contributed by atoms with Gasteiger partial charge in [0.25, 0.3) is 11.8 Å². The van der Waals surface area contributed by atoms with Crippen molar-refractivity contribution < 1.29 is 19.1 Å². The molecule has 1 spiro atoms. The van der Waals surface area contributed by atoms with E-state index in [-0.39, 0.29) is 11.8 Å². The molecule has 0 bridgehead atoms. The predicted molar refractivity (Wildman–Crippen MR) is 101 cm³/mol. The molecule has 2 aromatic carbocycles. The summed E-state index contributed by atoms with van der Waals surface area (Å²) >= 11 is 0. The first-order valence-corrected chi connectivity index (χ1v) is 8.44. The van der Waals surface area contributed by atoms with E-state index in [9.17, 15) is 9.59 Å². The molecule has 1 atom stereocenters. The van der Waals surface area contributed by atoms with Gasteiger partial charge in [0.05, 0.1) is 31.2 Å². The fourth-order valence-corrected chi connectivity index (χ4v) is 3.65. The first kappa shape index (κ1) is 17.0. The first-order valence-electron chi connectivity index (χ1n) is 8.44. The van der Waals surface area contributed by atoms with Crippen LogP contribution in [0.15, 0.2) is 49.1 Å². The first-order chi connectivity index (χ1) is 13.1. The number of methoxy groups -OCH3 is 2. The Kier molecular flexibility index (Phi) is 3.80. The molecular formula is C20H19N3O4. The minimum atomic E-state index is -1.37. The summed E-state index contributed by atoms with van der Waals surface area (Å²) in [5.41, 5.74) is 0.930. The van der Waals surface area contributed by atoms with Gasteiger partial charge in [-0.2, -0.15) is 0 Å². The van der Waals surface area contributed by atoms with Crippen LogP contribution in [0.1, 0.15) is 15.9 Å². The highest BCUT2D eigenvalue weighted by Crippen LogP contribution is 2.45. The number of carbonyl (C=O) groups is 2. The number of ether oxygens (including phenoxy) is 2. The van der Waals surface area contributed by atoms with E-state index in [4.69, 9.17) is 9.47 Å². The van der Waals surface area contributed by atoms with Gasteiger partial charge >= 0.3 is 0 Å². The van der Waals surface area contributed by atoms with Crippen LogP contribution in [0.5, 0.6) is 11.5 Å². The smallest absolute Gasteiger partial charge is 0.278 e. The quantitative estimate of drug-likeness (QED) is 0.813. The summed E-state index contributed by atoms with van der Waals surface area (Å²) in [6.07, 6.45) is 1.65. The number of fused-ring (bicyclic) bond motifs is 3. The standard InChI is InChI=1S/C20H19N3O4/c1-4-9-23-15-8-6-5-7-13(15)20(19(23)25)21-14-11-17(27-3)16(26-2)10-12(14)18(24)22-20/h4-8,10-11,21H,1,9H2,2-3H3,(H,22,24)/t20-/m1/s1. The lowest BCUT2D eigenvalue weighted by Crippen LogP contribution is -2.60. The van der Waals surface area contributed by atoms with Gasteiger partial charge in [-0.3, -0.25) is 9.59 Å². The second-order valence-corrected chi connectivity index (χ2v) is 6.30. The third-order valence-electron chi connectivity index (χ3n) is 4.87. The maximum absolute atomic E-state index is 13.3. The molecule has 0 unspecified atom stereocenters. The second kappa shape index (κ2) is 6.05. The van der Waals surface area contributed by atoms with Gasteiger partial charge in [-0.1, -0.05) is 24.3 Å². The zero-order valence-corrected chi connectivity index (χ0v) is 15.0. The summed E-state index contributed by atoms with van der Waals surface area (Å²) in [6, 6.07) is 10.6. The van der Waals surface area contributed by atoms with E-state index < -0.39 is 5.66 Å². The molecule has 0 radical (unpaired) electrons. The van der Waals surface area contributed by atoms with Crippen molar-refractivity contribution in [2.45, 2.75) is 5.66 Å². The number of carbonyl (C=O) groups excluding carboxylic acids is 2. The molecule has 2 amide bonds. The van der Waals surface area contributed by atoms with E-state index >= 15 is 0 Å². The molecule has 0 aromatic heterocycles. The molecule has 2 aliphatic heterocycles. The van der Waals surface area contributed by atoms with Crippen LogP contribution in [0.3, 0.4) is 0 Å². The van der Waals surface area contributed by atoms with E-state index in [0.717, 1.165) is 5.69 Å². The van der Waals surface area contributed by atoms with Crippen molar-refractivity contribution in [1.82, 2.24) is 5.32 Å². The fourth-order valence-electron chi connectivity index (χ4n) is 3.65. The van der Waals surface area contributed by atoms with Crippen molar-refractivity contribution in [1.29, 1.82) is 0 Å². The number of nitrogens with zero attached hydrogens (tertiary/aromatic N) is 1. The Morgan fingerprint density at radius 1 is 1.11 bits per heavy atom. The number of para-hydroxylation sites is 1. The maximum Gasteiger partial charge on any atom is 0.278 e. The monoisotopic (exact) mass is 365 g/mol. The van der Waals surface area contributed by atoms with Crippen LogP contribution in [0, 0.1) is 0 Å². The van der Waals surface area contributed by atoms with E-state index in [2.05, 4.69) is 17.2 Å². The molecule has 2 aliphatic rings. The number of amides is 2. The average molecular weight is 365 g/mol. The molecule has 0 saturated carbocycles. The van der Waals surface area contributed by atoms with Gasteiger partial charge in [0, 0.05) is 18.2 Å². The average Bonchev–Trinajstić information content (AvgIpc) is 2.90. The number of hydrogen-bond donors (Lipinski definition) is 2. The molecule has 7 nitrogen and oxygen atoms in total. The molecule has 2 N–H and O–H groups in total. The largest absolute Gasteiger partial charge is 0.493 e. The minimum absolute atomic E-state index is 0.266. The van der Waals surface area contributed by atoms with Crippen molar-refractivity contribution in [3.63, 3.8) is 0 Å². The molecule has 7 heteroatoms. The number of anilines is 2. The van der Waals surface area contributed by atoms with Crippen LogP contribution in [0.2, 0.25) is 0 Å². The van der Waals surface area contributed by atoms with Gasteiger partial charge in [0.1, 0.15) is 0 Å². The topological polar surface area (TPSA) is 79.9 Å². The van der Waals surface area contributed by atoms with Crippen molar-refractivity contribution in [2.24, 2.45) is 0 Å². The normalized spacial score (nSPS) is 19.9. The molecule has 4 rings (SSSR count). The van der Waals surface area contributed by atoms with Gasteiger partial charge in [0.2, 0.25) is 5.66 Å². The van der Waals surface area contributed by atoms with Crippen LogP contribution in [-0.4, -0.2) is 32.6 Å². The van der Waals surface area contributed by atoms with Gasteiger partial charge in [-0.25, -0.2) is 0 Å². The lowest BCUT2D eigenvalue weighted by molar-refractivity contribution is -0.123. The summed E-state index contributed by atoms with van der Waals surface area (Å²) < 4.78 is 10.6. The third kappa shape index (κ3) is 2.28. The molecule has 138 valence electrons. The highest BCUT2D eigenvalue weighted by atomic mass is 16.5.